The number of carbonyl (C=O) groups excluding carboxylic acids is 1. The van der Waals surface area contributed by atoms with Gasteiger partial charge in [0.25, 0.3) is 11.5 Å². The molecule has 0 saturated carbocycles. The van der Waals surface area contributed by atoms with E-state index in [2.05, 4.69) is 10.2 Å². The molecule has 1 atom stereocenters. The van der Waals surface area contributed by atoms with Crippen LogP contribution in [0.4, 0.5) is 0 Å². The molecular weight excluding hydrogens is 322 g/mol. The number of nitrogens with zero attached hydrogens (tertiary/aromatic N) is 2. The Morgan fingerprint density at radius 3 is 2.80 bits per heavy atom. The minimum absolute atomic E-state index is 0.0101. The summed E-state index contributed by atoms with van der Waals surface area (Å²) in [5, 5.41) is 2.95. The van der Waals surface area contributed by atoms with Gasteiger partial charge in [0.1, 0.15) is 5.76 Å². The Morgan fingerprint density at radius 1 is 1.24 bits per heavy atom. The molecule has 3 rings (SSSR count). The zero-order chi connectivity index (χ0) is 17.6. The zero-order valence-corrected chi connectivity index (χ0v) is 14.3. The summed E-state index contributed by atoms with van der Waals surface area (Å²) in [4.78, 5) is 26.3. The van der Waals surface area contributed by atoms with Gasteiger partial charge in [-0.3, -0.25) is 14.5 Å². The summed E-state index contributed by atoms with van der Waals surface area (Å²) in [6.45, 7) is 6.30. The monoisotopic (exact) mass is 345 g/mol. The van der Waals surface area contributed by atoms with Crippen LogP contribution in [0.3, 0.4) is 0 Å². The van der Waals surface area contributed by atoms with Crippen molar-refractivity contribution < 1.29 is 13.9 Å². The molecule has 0 radical (unpaired) electrons. The zero-order valence-electron chi connectivity index (χ0n) is 14.3. The van der Waals surface area contributed by atoms with E-state index in [1.54, 1.807) is 30.5 Å². The molecule has 1 amide bonds. The van der Waals surface area contributed by atoms with Crippen LogP contribution in [-0.4, -0.2) is 54.3 Å². The summed E-state index contributed by atoms with van der Waals surface area (Å²) in [5.41, 5.74) is -0.107. The molecule has 1 aliphatic heterocycles. The molecule has 2 aromatic rings. The highest BCUT2D eigenvalue weighted by Gasteiger charge is 2.18. The molecule has 7 nitrogen and oxygen atoms in total. The SMILES string of the molecule is C[C@@H](CN1CCOCC1)NC(=O)c1ccc(Cn2ccccc2=O)o1. The van der Waals surface area contributed by atoms with E-state index in [1.807, 2.05) is 6.92 Å². The van der Waals surface area contributed by atoms with Crippen LogP contribution in [-0.2, 0) is 11.3 Å². The molecule has 1 saturated heterocycles. The van der Waals surface area contributed by atoms with E-state index < -0.39 is 0 Å². The standard InChI is InChI=1S/C18H23N3O4/c1-14(12-20-8-10-24-11-9-20)19-18(23)16-6-5-15(25-16)13-21-7-3-2-4-17(21)22/h2-7,14H,8-13H2,1H3,(H,19,23)/t14-/m0/s1. The number of morpholine rings is 1. The number of rotatable bonds is 6. The molecule has 1 aliphatic rings. The van der Waals surface area contributed by atoms with Gasteiger partial charge in [-0.05, 0) is 25.1 Å². The van der Waals surface area contributed by atoms with Gasteiger partial charge in [-0.1, -0.05) is 6.07 Å². The summed E-state index contributed by atoms with van der Waals surface area (Å²) in [7, 11) is 0. The van der Waals surface area contributed by atoms with E-state index in [1.165, 1.54) is 10.6 Å². The number of carbonyl (C=O) groups is 1. The first-order chi connectivity index (χ1) is 12.1. The highest BCUT2D eigenvalue weighted by atomic mass is 16.5. The van der Waals surface area contributed by atoms with Gasteiger partial charge in [0.05, 0.1) is 19.8 Å². The first-order valence-electron chi connectivity index (χ1n) is 8.47. The second-order valence-corrected chi connectivity index (χ2v) is 6.22. The molecule has 0 aliphatic carbocycles. The van der Waals surface area contributed by atoms with Crippen molar-refractivity contribution in [3.8, 4) is 0 Å². The van der Waals surface area contributed by atoms with Gasteiger partial charge in [-0.15, -0.1) is 0 Å². The second-order valence-electron chi connectivity index (χ2n) is 6.22. The van der Waals surface area contributed by atoms with E-state index in [9.17, 15) is 9.59 Å². The molecule has 0 aromatic carbocycles. The van der Waals surface area contributed by atoms with Gasteiger partial charge in [0, 0.05) is 37.9 Å². The molecule has 1 fully saturated rings. The normalized spacial score (nSPS) is 16.5. The Hall–Kier alpha value is -2.38. The van der Waals surface area contributed by atoms with Gasteiger partial charge in [-0.2, -0.15) is 0 Å². The van der Waals surface area contributed by atoms with Crippen molar-refractivity contribution in [3.63, 3.8) is 0 Å². The van der Waals surface area contributed by atoms with E-state index in [0.717, 1.165) is 32.8 Å². The molecule has 1 N–H and O–H groups in total. The maximum absolute atomic E-state index is 12.3. The van der Waals surface area contributed by atoms with Crippen LogP contribution in [0.2, 0.25) is 0 Å². The van der Waals surface area contributed by atoms with Crippen molar-refractivity contribution in [2.45, 2.75) is 19.5 Å². The Bertz CT molecular complexity index is 761. The van der Waals surface area contributed by atoms with Crippen molar-refractivity contribution in [1.82, 2.24) is 14.8 Å². The summed E-state index contributed by atoms with van der Waals surface area (Å²) < 4.78 is 12.4. The lowest BCUT2D eigenvalue weighted by Gasteiger charge is -2.29. The molecule has 0 unspecified atom stereocenters. The fourth-order valence-electron chi connectivity index (χ4n) is 2.86. The molecule has 0 bridgehead atoms. The summed E-state index contributed by atoms with van der Waals surface area (Å²) in [5.74, 6) is 0.583. The fourth-order valence-corrected chi connectivity index (χ4v) is 2.86. The first-order valence-corrected chi connectivity index (χ1v) is 8.47. The minimum Gasteiger partial charge on any atom is -0.454 e. The number of hydrogen-bond acceptors (Lipinski definition) is 5. The van der Waals surface area contributed by atoms with E-state index in [0.29, 0.717) is 12.3 Å². The molecular formula is C18H23N3O4. The number of amides is 1. The van der Waals surface area contributed by atoms with Crippen molar-refractivity contribution in [1.29, 1.82) is 0 Å². The van der Waals surface area contributed by atoms with Crippen LogP contribution in [0.1, 0.15) is 23.2 Å². The maximum atomic E-state index is 12.3. The Balaban J connectivity index is 1.55. The number of ether oxygens (including phenoxy) is 1. The lowest BCUT2D eigenvalue weighted by Crippen LogP contribution is -2.45. The average Bonchev–Trinajstić information content (AvgIpc) is 3.06. The minimum atomic E-state index is -0.243. The Labute approximate surface area is 146 Å². The second kappa shape index (κ2) is 8.13. The summed E-state index contributed by atoms with van der Waals surface area (Å²) in [6.07, 6.45) is 1.69. The van der Waals surface area contributed by atoms with Crippen LogP contribution in [0.5, 0.6) is 0 Å². The van der Waals surface area contributed by atoms with Crippen molar-refractivity contribution in [2.75, 3.05) is 32.8 Å². The smallest absolute Gasteiger partial charge is 0.287 e. The number of hydrogen-bond donors (Lipinski definition) is 1. The quantitative estimate of drug-likeness (QED) is 0.843. The third-order valence-corrected chi connectivity index (χ3v) is 4.12. The van der Waals surface area contributed by atoms with Gasteiger partial charge in [0.15, 0.2) is 5.76 Å². The topological polar surface area (TPSA) is 76.7 Å². The van der Waals surface area contributed by atoms with Gasteiger partial charge >= 0.3 is 0 Å². The summed E-state index contributed by atoms with van der Waals surface area (Å²) in [6, 6.07) is 8.34. The highest BCUT2D eigenvalue weighted by molar-refractivity contribution is 5.91. The van der Waals surface area contributed by atoms with Crippen LogP contribution in [0.15, 0.2) is 45.7 Å². The molecule has 7 heteroatoms. The number of aromatic nitrogens is 1. The highest BCUT2D eigenvalue weighted by Crippen LogP contribution is 2.09. The predicted octanol–water partition coefficient (Wildman–Crippen LogP) is 0.940. The third-order valence-electron chi connectivity index (χ3n) is 4.12. The molecule has 0 spiro atoms. The molecule has 25 heavy (non-hydrogen) atoms. The van der Waals surface area contributed by atoms with Crippen molar-refractivity contribution in [2.24, 2.45) is 0 Å². The Morgan fingerprint density at radius 2 is 2.04 bits per heavy atom. The van der Waals surface area contributed by atoms with Crippen molar-refractivity contribution >= 4 is 5.91 Å². The van der Waals surface area contributed by atoms with Crippen LogP contribution in [0, 0.1) is 0 Å². The lowest BCUT2D eigenvalue weighted by atomic mass is 10.2. The number of furan rings is 1. The van der Waals surface area contributed by atoms with Gasteiger partial charge in [0.2, 0.25) is 0 Å². The summed E-state index contributed by atoms with van der Waals surface area (Å²) >= 11 is 0. The average molecular weight is 345 g/mol. The van der Waals surface area contributed by atoms with E-state index >= 15 is 0 Å². The van der Waals surface area contributed by atoms with Crippen LogP contribution < -0.4 is 10.9 Å². The number of pyridine rings is 1. The Kier molecular flexibility index (Phi) is 5.67. The van der Waals surface area contributed by atoms with Gasteiger partial charge in [-0.25, -0.2) is 0 Å². The van der Waals surface area contributed by atoms with E-state index in [4.69, 9.17) is 9.15 Å². The predicted molar refractivity (Wildman–Crippen MR) is 92.7 cm³/mol. The largest absolute Gasteiger partial charge is 0.454 e. The number of nitrogens with one attached hydrogen (secondary N) is 1. The molecule has 3 heterocycles. The van der Waals surface area contributed by atoms with Crippen molar-refractivity contribution in [3.05, 3.63) is 58.4 Å². The third kappa shape index (κ3) is 4.80. The molecule has 2 aromatic heterocycles. The lowest BCUT2D eigenvalue weighted by molar-refractivity contribution is 0.0341. The van der Waals surface area contributed by atoms with Crippen LogP contribution >= 0.6 is 0 Å². The first kappa shape index (κ1) is 17.4. The van der Waals surface area contributed by atoms with Crippen LogP contribution in [0.25, 0.3) is 0 Å². The van der Waals surface area contributed by atoms with E-state index in [-0.39, 0.29) is 23.3 Å². The van der Waals surface area contributed by atoms with Gasteiger partial charge < -0.3 is 19.0 Å². The molecule has 134 valence electrons. The fraction of sp³-hybridized carbons (Fsp3) is 0.444. The maximum Gasteiger partial charge on any atom is 0.287 e.